The monoisotopic (exact) mass is 402 g/mol. The van der Waals surface area contributed by atoms with Crippen molar-refractivity contribution >= 4 is 17.6 Å². The lowest BCUT2D eigenvalue weighted by molar-refractivity contribution is 0.280. The SMILES string of the molecule is COc1ccc(-c2nc(SCC(C)C)nc(N(CCO)CCO)c2C#N)cc1. The number of benzene rings is 1. The largest absolute Gasteiger partial charge is 0.497 e. The highest BCUT2D eigenvalue weighted by Gasteiger charge is 2.21. The zero-order chi connectivity index (χ0) is 20.5. The number of aromatic nitrogens is 2. The Bertz CT molecular complexity index is 800. The molecule has 2 N–H and O–H groups in total. The molecule has 8 heteroatoms. The first-order chi connectivity index (χ1) is 13.5. The van der Waals surface area contributed by atoms with Gasteiger partial charge in [0, 0.05) is 24.4 Å². The van der Waals surface area contributed by atoms with Gasteiger partial charge >= 0.3 is 0 Å². The van der Waals surface area contributed by atoms with E-state index >= 15 is 0 Å². The first-order valence-electron chi connectivity index (χ1n) is 9.10. The van der Waals surface area contributed by atoms with Gasteiger partial charge in [0.25, 0.3) is 0 Å². The summed E-state index contributed by atoms with van der Waals surface area (Å²) in [6.07, 6.45) is 0. The van der Waals surface area contributed by atoms with Crippen molar-refractivity contribution in [3.8, 4) is 23.1 Å². The van der Waals surface area contributed by atoms with Gasteiger partial charge in [0.1, 0.15) is 17.4 Å². The number of hydrogen-bond acceptors (Lipinski definition) is 8. The van der Waals surface area contributed by atoms with E-state index in [1.54, 1.807) is 12.0 Å². The summed E-state index contributed by atoms with van der Waals surface area (Å²) in [6, 6.07) is 9.55. The van der Waals surface area contributed by atoms with Crippen LogP contribution in [0.4, 0.5) is 5.82 Å². The van der Waals surface area contributed by atoms with Crippen LogP contribution in [0.1, 0.15) is 19.4 Å². The van der Waals surface area contributed by atoms with Crippen molar-refractivity contribution in [1.29, 1.82) is 5.26 Å². The molecule has 0 unspecified atom stereocenters. The van der Waals surface area contributed by atoms with E-state index in [-0.39, 0.29) is 26.3 Å². The molecule has 0 saturated heterocycles. The van der Waals surface area contributed by atoms with E-state index in [0.29, 0.717) is 33.9 Å². The maximum absolute atomic E-state index is 9.84. The number of rotatable bonds is 10. The third-order valence-corrected chi connectivity index (χ3v) is 5.20. The van der Waals surface area contributed by atoms with Crippen molar-refractivity contribution in [2.45, 2.75) is 19.0 Å². The van der Waals surface area contributed by atoms with Gasteiger partial charge in [0.2, 0.25) is 0 Å². The van der Waals surface area contributed by atoms with Crippen LogP contribution in [0.15, 0.2) is 29.4 Å². The molecule has 2 rings (SSSR count). The third kappa shape index (κ3) is 5.58. The van der Waals surface area contributed by atoms with Crippen molar-refractivity contribution in [2.24, 2.45) is 5.92 Å². The number of aliphatic hydroxyl groups is 2. The van der Waals surface area contributed by atoms with E-state index in [2.05, 4.69) is 29.9 Å². The van der Waals surface area contributed by atoms with E-state index in [0.717, 1.165) is 11.3 Å². The van der Waals surface area contributed by atoms with Crippen molar-refractivity contribution in [3.63, 3.8) is 0 Å². The van der Waals surface area contributed by atoms with E-state index in [1.807, 2.05) is 24.3 Å². The summed E-state index contributed by atoms with van der Waals surface area (Å²) in [5.74, 6) is 2.45. The van der Waals surface area contributed by atoms with Crippen molar-refractivity contribution in [3.05, 3.63) is 29.8 Å². The van der Waals surface area contributed by atoms with Gasteiger partial charge in [-0.1, -0.05) is 25.6 Å². The molecule has 0 spiro atoms. The molecular weight excluding hydrogens is 376 g/mol. The number of methoxy groups -OCH3 is 1. The quantitative estimate of drug-likeness (QED) is 0.462. The maximum Gasteiger partial charge on any atom is 0.190 e. The Morgan fingerprint density at radius 3 is 2.29 bits per heavy atom. The van der Waals surface area contributed by atoms with Gasteiger partial charge in [-0.25, -0.2) is 9.97 Å². The van der Waals surface area contributed by atoms with Crippen LogP contribution >= 0.6 is 11.8 Å². The minimum absolute atomic E-state index is 0.110. The highest BCUT2D eigenvalue weighted by atomic mass is 32.2. The normalized spacial score (nSPS) is 10.8. The highest BCUT2D eigenvalue weighted by molar-refractivity contribution is 7.99. The fourth-order valence-electron chi connectivity index (χ4n) is 2.59. The lowest BCUT2D eigenvalue weighted by Gasteiger charge is -2.24. The number of nitrogens with zero attached hydrogens (tertiary/aromatic N) is 4. The number of nitriles is 1. The van der Waals surface area contributed by atoms with E-state index in [1.165, 1.54) is 11.8 Å². The highest BCUT2D eigenvalue weighted by Crippen LogP contribution is 2.32. The Kier molecular flexibility index (Phi) is 8.51. The van der Waals surface area contributed by atoms with Gasteiger partial charge in [-0.3, -0.25) is 0 Å². The zero-order valence-electron chi connectivity index (χ0n) is 16.4. The van der Waals surface area contributed by atoms with E-state index < -0.39 is 0 Å². The van der Waals surface area contributed by atoms with E-state index in [4.69, 9.17) is 4.74 Å². The smallest absolute Gasteiger partial charge is 0.190 e. The van der Waals surface area contributed by atoms with Gasteiger partial charge in [-0.05, 0) is 30.2 Å². The molecule has 0 atom stereocenters. The minimum Gasteiger partial charge on any atom is -0.497 e. The van der Waals surface area contributed by atoms with Crippen LogP contribution in [0.2, 0.25) is 0 Å². The fourth-order valence-corrected chi connectivity index (χ4v) is 3.38. The Balaban J connectivity index is 2.61. The lowest BCUT2D eigenvalue weighted by atomic mass is 10.1. The second-order valence-electron chi connectivity index (χ2n) is 6.53. The summed E-state index contributed by atoms with van der Waals surface area (Å²) in [7, 11) is 1.60. The molecule has 1 heterocycles. The Morgan fingerprint density at radius 1 is 1.14 bits per heavy atom. The predicted molar refractivity (Wildman–Crippen MR) is 111 cm³/mol. The summed E-state index contributed by atoms with van der Waals surface area (Å²) in [5.41, 5.74) is 1.63. The van der Waals surface area contributed by atoms with Gasteiger partial charge < -0.3 is 19.8 Å². The summed E-state index contributed by atoms with van der Waals surface area (Å²) >= 11 is 1.52. The lowest BCUT2D eigenvalue weighted by Crippen LogP contribution is -2.31. The van der Waals surface area contributed by atoms with Gasteiger partial charge in [-0.2, -0.15) is 5.26 Å². The van der Waals surface area contributed by atoms with Gasteiger partial charge in [0.15, 0.2) is 11.0 Å². The molecule has 0 amide bonds. The van der Waals surface area contributed by atoms with Gasteiger partial charge in [0.05, 0.1) is 26.0 Å². The van der Waals surface area contributed by atoms with Crippen LogP contribution in [-0.2, 0) is 0 Å². The van der Waals surface area contributed by atoms with Crippen LogP contribution < -0.4 is 9.64 Å². The molecule has 0 saturated carbocycles. The molecule has 1 aromatic heterocycles. The molecule has 2 aromatic rings. The van der Waals surface area contributed by atoms with Crippen LogP contribution in [0, 0.1) is 17.2 Å². The second kappa shape index (κ2) is 10.9. The Morgan fingerprint density at radius 2 is 1.79 bits per heavy atom. The molecule has 0 aliphatic rings. The number of aliphatic hydroxyl groups excluding tert-OH is 2. The topological polar surface area (TPSA) is 102 Å². The molecule has 150 valence electrons. The minimum atomic E-state index is -0.110. The first-order valence-corrected chi connectivity index (χ1v) is 10.1. The molecule has 1 aromatic carbocycles. The second-order valence-corrected chi connectivity index (χ2v) is 7.52. The number of hydrogen-bond donors (Lipinski definition) is 2. The zero-order valence-corrected chi connectivity index (χ0v) is 17.2. The predicted octanol–water partition coefficient (Wildman–Crippen LogP) is 2.56. The number of thioether (sulfide) groups is 1. The van der Waals surface area contributed by atoms with Crippen molar-refractivity contribution in [1.82, 2.24) is 9.97 Å². The Hall–Kier alpha value is -2.34. The summed E-state index contributed by atoms with van der Waals surface area (Å²) in [5, 5.41) is 29.2. The maximum atomic E-state index is 9.84. The van der Waals surface area contributed by atoms with Crippen molar-refractivity contribution in [2.75, 3.05) is 44.1 Å². The standard InChI is InChI=1S/C20H26N4O3S/c1-14(2)13-28-20-22-18(15-4-6-16(27-3)7-5-15)17(12-21)19(23-20)24(8-10-25)9-11-26/h4-7,14,25-26H,8-11,13H2,1-3H3. The summed E-state index contributed by atoms with van der Waals surface area (Å²) < 4.78 is 5.21. The Labute approximate surface area is 170 Å². The molecule has 0 aliphatic heterocycles. The molecule has 0 radical (unpaired) electrons. The molecular formula is C20H26N4O3S. The molecule has 0 fully saturated rings. The molecule has 7 nitrogen and oxygen atoms in total. The third-order valence-electron chi connectivity index (χ3n) is 3.93. The molecule has 0 aliphatic carbocycles. The first kappa shape index (κ1) is 22.0. The molecule has 28 heavy (non-hydrogen) atoms. The van der Waals surface area contributed by atoms with Crippen LogP contribution in [0.3, 0.4) is 0 Å². The van der Waals surface area contributed by atoms with Crippen LogP contribution in [0.25, 0.3) is 11.3 Å². The van der Waals surface area contributed by atoms with Gasteiger partial charge in [-0.15, -0.1) is 0 Å². The summed E-state index contributed by atoms with van der Waals surface area (Å²) in [4.78, 5) is 10.9. The van der Waals surface area contributed by atoms with E-state index in [9.17, 15) is 15.5 Å². The van der Waals surface area contributed by atoms with Crippen molar-refractivity contribution < 1.29 is 14.9 Å². The number of anilines is 1. The average Bonchev–Trinajstić information content (AvgIpc) is 2.71. The number of ether oxygens (including phenoxy) is 1. The average molecular weight is 403 g/mol. The summed E-state index contributed by atoms with van der Waals surface area (Å²) in [6.45, 7) is 4.55. The molecule has 0 bridgehead atoms. The van der Waals surface area contributed by atoms with Crippen LogP contribution in [0.5, 0.6) is 5.75 Å². The van der Waals surface area contributed by atoms with Crippen LogP contribution in [-0.4, -0.2) is 59.3 Å². The fraction of sp³-hybridized carbons (Fsp3) is 0.450.